The van der Waals surface area contributed by atoms with Crippen molar-refractivity contribution in [2.24, 2.45) is 0 Å². The molecule has 0 saturated heterocycles. The van der Waals surface area contributed by atoms with Gasteiger partial charge < -0.3 is 5.32 Å². The Hall–Kier alpha value is -2.28. The van der Waals surface area contributed by atoms with Crippen LogP contribution in [-0.2, 0) is 0 Å². The third-order valence-electron chi connectivity index (χ3n) is 2.19. The number of benzene rings is 1. The molecule has 2 rings (SSSR count). The molecular formula is C11H9N3O3S. The van der Waals surface area contributed by atoms with E-state index >= 15 is 0 Å². The van der Waals surface area contributed by atoms with Crippen LogP contribution in [0.3, 0.4) is 0 Å². The van der Waals surface area contributed by atoms with Gasteiger partial charge in [0.25, 0.3) is 11.6 Å². The van der Waals surface area contributed by atoms with E-state index in [0.29, 0.717) is 11.4 Å². The number of non-ortho nitro benzene ring substituents is 1. The van der Waals surface area contributed by atoms with E-state index in [-0.39, 0.29) is 11.6 Å². The third-order valence-corrected chi connectivity index (χ3v) is 2.96. The van der Waals surface area contributed by atoms with Crippen molar-refractivity contribution in [2.75, 3.05) is 5.32 Å². The Kier molecular flexibility index (Phi) is 3.33. The zero-order valence-electron chi connectivity index (χ0n) is 9.41. The fourth-order valence-corrected chi connectivity index (χ4v) is 1.92. The summed E-state index contributed by atoms with van der Waals surface area (Å²) in [5.41, 5.74) is 0.824. The topological polar surface area (TPSA) is 85.1 Å². The van der Waals surface area contributed by atoms with E-state index < -0.39 is 4.92 Å². The van der Waals surface area contributed by atoms with Crippen molar-refractivity contribution in [3.63, 3.8) is 0 Å². The summed E-state index contributed by atoms with van der Waals surface area (Å²) < 4.78 is 0. The highest BCUT2D eigenvalue weighted by Crippen LogP contribution is 2.16. The number of nitrogens with one attached hydrogen (secondary N) is 1. The van der Waals surface area contributed by atoms with E-state index in [9.17, 15) is 14.9 Å². The number of hydrogen-bond donors (Lipinski definition) is 1. The highest BCUT2D eigenvalue weighted by atomic mass is 32.1. The lowest BCUT2D eigenvalue weighted by Gasteiger charge is -2.02. The zero-order valence-corrected chi connectivity index (χ0v) is 10.2. The molecule has 0 radical (unpaired) electrons. The van der Waals surface area contributed by atoms with Crippen LogP contribution in [0.5, 0.6) is 0 Å². The molecule has 2 aromatic rings. The number of rotatable bonds is 3. The molecule has 18 heavy (non-hydrogen) atoms. The van der Waals surface area contributed by atoms with E-state index in [4.69, 9.17) is 0 Å². The molecule has 0 unspecified atom stereocenters. The lowest BCUT2D eigenvalue weighted by atomic mass is 10.3. The summed E-state index contributed by atoms with van der Waals surface area (Å²) in [4.78, 5) is 25.8. The Morgan fingerprint density at radius 3 is 2.56 bits per heavy atom. The van der Waals surface area contributed by atoms with Crippen LogP contribution in [0.1, 0.15) is 15.5 Å². The summed E-state index contributed by atoms with van der Waals surface area (Å²) >= 11 is 1.39. The molecule has 6 nitrogen and oxygen atoms in total. The Morgan fingerprint density at radius 2 is 2.06 bits per heavy atom. The summed E-state index contributed by atoms with van der Waals surface area (Å²) in [6.45, 7) is 1.81. The molecule has 1 heterocycles. The minimum Gasteiger partial charge on any atom is -0.321 e. The lowest BCUT2D eigenvalue weighted by Crippen LogP contribution is -2.12. The van der Waals surface area contributed by atoms with Gasteiger partial charge in [0.2, 0.25) is 0 Å². The van der Waals surface area contributed by atoms with Gasteiger partial charge >= 0.3 is 0 Å². The van der Waals surface area contributed by atoms with Crippen LogP contribution in [0, 0.1) is 17.0 Å². The van der Waals surface area contributed by atoms with Crippen molar-refractivity contribution in [3.05, 3.63) is 50.5 Å². The van der Waals surface area contributed by atoms with Crippen LogP contribution < -0.4 is 5.32 Å². The zero-order chi connectivity index (χ0) is 13.1. The first-order chi connectivity index (χ1) is 8.56. The molecule has 7 heteroatoms. The van der Waals surface area contributed by atoms with Crippen LogP contribution in [0.2, 0.25) is 0 Å². The maximum Gasteiger partial charge on any atom is 0.275 e. The van der Waals surface area contributed by atoms with Gasteiger partial charge in [-0.3, -0.25) is 14.9 Å². The molecule has 0 aliphatic heterocycles. The molecule has 0 fully saturated rings. The second kappa shape index (κ2) is 4.92. The average Bonchev–Trinajstić information content (AvgIpc) is 2.76. The SMILES string of the molecule is Cc1nc(C(=O)Nc2ccc([N+](=O)[O-])cc2)cs1. The summed E-state index contributed by atoms with van der Waals surface area (Å²) in [6, 6.07) is 5.63. The fourth-order valence-electron chi connectivity index (χ4n) is 1.33. The van der Waals surface area contributed by atoms with E-state index in [0.717, 1.165) is 5.01 Å². The van der Waals surface area contributed by atoms with Gasteiger partial charge in [0, 0.05) is 23.2 Å². The number of nitro groups is 1. The summed E-state index contributed by atoms with van der Waals surface area (Å²) in [6.07, 6.45) is 0. The number of nitrogens with zero attached hydrogens (tertiary/aromatic N) is 2. The number of nitro benzene ring substituents is 1. The van der Waals surface area contributed by atoms with E-state index in [1.165, 1.54) is 35.6 Å². The molecule has 92 valence electrons. The highest BCUT2D eigenvalue weighted by Gasteiger charge is 2.10. The van der Waals surface area contributed by atoms with Crippen LogP contribution in [0.4, 0.5) is 11.4 Å². The number of aromatic nitrogens is 1. The van der Waals surface area contributed by atoms with Crippen molar-refractivity contribution < 1.29 is 9.72 Å². The number of carbonyl (C=O) groups excluding carboxylic acids is 1. The van der Waals surface area contributed by atoms with Gasteiger partial charge in [0.05, 0.1) is 9.93 Å². The minimum absolute atomic E-state index is 0.0162. The number of aryl methyl sites for hydroxylation is 1. The molecule has 1 amide bonds. The van der Waals surface area contributed by atoms with Gasteiger partial charge in [-0.05, 0) is 19.1 Å². The number of thiazole rings is 1. The maximum atomic E-state index is 11.7. The molecule has 1 N–H and O–H groups in total. The van der Waals surface area contributed by atoms with Crippen LogP contribution in [0.25, 0.3) is 0 Å². The number of carbonyl (C=O) groups is 1. The van der Waals surface area contributed by atoms with Gasteiger partial charge in [-0.25, -0.2) is 4.98 Å². The molecule has 0 bridgehead atoms. The number of anilines is 1. The second-order valence-corrected chi connectivity index (χ2v) is 4.57. The van der Waals surface area contributed by atoms with Crippen molar-refractivity contribution in [1.82, 2.24) is 4.98 Å². The Labute approximate surface area is 106 Å². The standard InChI is InChI=1S/C11H9N3O3S/c1-7-12-10(6-18-7)11(15)13-8-2-4-9(5-3-8)14(16)17/h2-6H,1H3,(H,13,15). The van der Waals surface area contributed by atoms with Crippen molar-refractivity contribution in [2.45, 2.75) is 6.92 Å². The minimum atomic E-state index is -0.491. The molecule has 1 aromatic carbocycles. The predicted molar refractivity (Wildman–Crippen MR) is 67.9 cm³/mol. The Balaban J connectivity index is 2.10. The van der Waals surface area contributed by atoms with Gasteiger partial charge in [0.1, 0.15) is 5.69 Å². The predicted octanol–water partition coefficient (Wildman–Crippen LogP) is 2.61. The van der Waals surface area contributed by atoms with Crippen LogP contribution in [0.15, 0.2) is 29.6 Å². The summed E-state index contributed by atoms with van der Waals surface area (Å²) in [7, 11) is 0. The van der Waals surface area contributed by atoms with Gasteiger partial charge in [-0.2, -0.15) is 0 Å². The molecule has 0 atom stereocenters. The molecule has 0 saturated carbocycles. The maximum absolute atomic E-state index is 11.7. The first kappa shape index (κ1) is 12.2. The Morgan fingerprint density at radius 1 is 1.39 bits per heavy atom. The first-order valence-electron chi connectivity index (χ1n) is 5.04. The Bertz CT molecular complexity index is 592. The molecule has 1 aromatic heterocycles. The fraction of sp³-hybridized carbons (Fsp3) is 0.0909. The summed E-state index contributed by atoms with van der Waals surface area (Å²) in [5.74, 6) is -0.326. The largest absolute Gasteiger partial charge is 0.321 e. The van der Waals surface area contributed by atoms with E-state index in [1.807, 2.05) is 6.92 Å². The number of hydrogen-bond acceptors (Lipinski definition) is 5. The van der Waals surface area contributed by atoms with Crippen molar-refractivity contribution in [1.29, 1.82) is 0 Å². The molecular weight excluding hydrogens is 254 g/mol. The lowest BCUT2D eigenvalue weighted by molar-refractivity contribution is -0.384. The number of amides is 1. The van der Waals surface area contributed by atoms with E-state index in [1.54, 1.807) is 5.38 Å². The van der Waals surface area contributed by atoms with Crippen molar-refractivity contribution >= 4 is 28.6 Å². The van der Waals surface area contributed by atoms with Gasteiger partial charge in [-0.1, -0.05) is 0 Å². The van der Waals surface area contributed by atoms with Crippen LogP contribution in [-0.4, -0.2) is 15.8 Å². The van der Waals surface area contributed by atoms with Gasteiger partial charge in [-0.15, -0.1) is 11.3 Å². The quantitative estimate of drug-likeness (QED) is 0.681. The van der Waals surface area contributed by atoms with E-state index in [2.05, 4.69) is 10.3 Å². The molecule has 0 spiro atoms. The monoisotopic (exact) mass is 263 g/mol. The second-order valence-electron chi connectivity index (χ2n) is 3.51. The average molecular weight is 263 g/mol. The molecule has 0 aliphatic rings. The normalized spacial score (nSPS) is 10.1. The van der Waals surface area contributed by atoms with Crippen molar-refractivity contribution in [3.8, 4) is 0 Å². The smallest absolute Gasteiger partial charge is 0.275 e. The van der Waals surface area contributed by atoms with Crippen LogP contribution >= 0.6 is 11.3 Å². The third kappa shape index (κ3) is 2.69. The van der Waals surface area contributed by atoms with Gasteiger partial charge in [0.15, 0.2) is 0 Å². The molecule has 0 aliphatic carbocycles. The highest BCUT2D eigenvalue weighted by molar-refractivity contribution is 7.09. The summed E-state index contributed by atoms with van der Waals surface area (Å²) in [5, 5.41) is 15.6. The first-order valence-corrected chi connectivity index (χ1v) is 5.92.